The Balaban J connectivity index is 2.09. The molecule has 2 atom stereocenters. The van der Waals surface area contributed by atoms with E-state index in [1.54, 1.807) is 7.11 Å². The molecular weight excluding hydrogens is 208 g/mol. The van der Waals surface area contributed by atoms with E-state index in [1.807, 2.05) is 0 Å². The molecule has 96 valence electrons. The van der Waals surface area contributed by atoms with Gasteiger partial charge in [0, 0.05) is 39.3 Å². The lowest BCUT2D eigenvalue weighted by Gasteiger charge is -2.35. The molecular formula is C11H24N2O3. The molecule has 1 fully saturated rings. The van der Waals surface area contributed by atoms with Crippen molar-refractivity contribution < 1.29 is 14.6 Å². The fourth-order valence-corrected chi connectivity index (χ4v) is 1.84. The highest BCUT2D eigenvalue weighted by Crippen LogP contribution is 2.03. The first-order valence-corrected chi connectivity index (χ1v) is 5.93. The van der Waals surface area contributed by atoms with E-state index in [4.69, 9.17) is 9.47 Å². The minimum absolute atomic E-state index is 0.389. The summed E-state index contributed by atoms with van der Waals surface area (Å²) in [6.45, 7) is 7.37. The van der Waals surface area contributed by atoms with Gasteiger partial charge in [-0.1, -0.05) is 0 Å². The zero-order valence-corrected chi connectivity index (χ0v) is 10.3. The van der Waals surface area contributed by atoms with Gasteiger partial charge in [0.05, 0.1) is 25.9 Å². The van der Waals surface area contributed by atoms with Crippen molar-refractivity contribution in [3.8, 4) is 0 Å². The van der Waals surface area contributed by atoms with Gasteiger partial charge in [0.15, 0.2) is 0 Å². The number of hydrogen-bond donors (Lipinski definition) is 2. The molecule has 1 aliphatic heterocycles. The number of piperazine rings is 1. The molecule has 5 nitrogen and oxygen atoms in total. The van der Waals surface area contributed by atoms with E-state index >= 15 is 0 Å². The number of hydrogen-bond acceptors (Lipinski definition) is 5. The topological polar surface area (TPSA) is 54.0 Å². The molecule has 0 aromatic rings. The number of β-amino-alcohol motifs (C(OH)–C–C–N with tert-alkyl or cyclic N) is 1. The summed E-state index contributed by atoms with van der Waals surface area (Å²) in [6.07, 6.45) is -0.405. The van der Waals surface area contributed by atoms with Crippen molar-refractivity contribution in [3.05, 3.63) is 0 Å². The molecule has 0 aromatic heterocycles. The number of ether oxygens (including phenoxy) is 2. The maximum atomic E-state index is 9.79. The van der Waals surface area contributed by atoms with Crippen LogP contribution in [-0.4, -0.2) is 75.3 Å². The van der Waals surface area contributed by atoms with Crippen molar-refractivity contribution in [2.45, 2.75) is 19.1 Å². The molecule has 1 aliphatic rings. The van der Waals surface area contributed by atoms with Gasteiger partial charge in [-0.3, -0.25) is 4.90 Å². The fraction of sp³-hybridized carbons (Fsp3) is 1.00. The number of methoxy groups -OCH3 is 1. The Kier molecular flexibility index (Phi) is 6.91. The molecule has 2 N–H and O–H groups in total. The third-order valence-corrected chi connectivity index (χ3v) is 2.83. The highest BCUT2D eigenvalue weighted by molar-refractivity contribution is 4.77. The summed E-state index contributed by atoms with van der Waals surface area (Å²) in [4.78, 5) is 2.29. The molecule has 1 saturated heterocycles. The van der Waals surface area contributed by atoms with Crippen LogP contribution < -0.4 is 5.32 Å². The standard InChI is InChI=1S/C11H24N2O3/c1-10-7-12-3-4-13(10)8-11(14)9-16-6-5-15-2/h10-12,14H,3-9H2,1-2H3/t10-,11?/m1/s1. The van der Waals surface area contributed by atoms with Crippen molar-refractivity contribution in [3.63, 3.8) is 0 Å². The second-order valence-electron chi connectivity index (χ2n) is 4.27. The number of nitrogens with zero attached hydrogens (tertiary/aromatic N) is 1. The summed E-state index contributed by atoms with van der Waals surface area (Å²) in [6, 6.07) is 0.488. The number of aliphatic hydroxyl groups is 1. The van der Waals surface area contributed by atoms with Crippen molar-refractivity contribution in [2.75, 3.05) is 53.1 Å². The van der Waals surface area contributed by atoms with E-state index in [2.05, 4.69) is 17.1 Å². The Labute approximate surface area is 97.7 Å². The summed E-state index contributed by atoms with van der Waals surface area (Å²) in [5.74, 6) is 0. The number of rotatable bonds is 7. The zero-order chi connectivity index (χ0) is 11.8. The Morgan fingerprint density at radius 1 is 1.50 bits per heavy atom. The Morgan fingerprint density at radius 3 is 3.00 bits per heavy atom. The van der Waals surface area contributed by atoms with E-state index < -0.39 is 6.10 Å². The highest BCUT2D eigenvalue weighted by atomic mass is 16.5. The molecule has 0 saturated carbocycles. The van der Waals surface area contributed by atoms with E-state index in [9.17, 15) is 5.11 Å². The molecule has 16 heavy (non-hydrogen) atoms. The summed E-state index contributed by atoms with van der Waals surface area (Å²) in [7, 11) is 1.64. The van der Waals surface area contributed by atoms with E-state index in [-0.39, 0.29) is 0 Å². The minimum Gasteiger partial charge on any atom is -0.389 e. The van der Waals surface area contributed by atoms with Crippen LogP contribution in [0.25, 0.3) is 0 Å². The lowest BCUT2D eigenvalue weighted by molar-refractivity contribution is -0.00777. The summed E-state index contributed by atoms with van der Waals surface area (Å²) in [5, 5.41) is 13.1. The van der Waals surface area contributed by atoms with Gasteiger partial charge in [-0.2, -0.15) is 0 Å². The predicted octanol–water partition coefficient (Wildman–Crippen LogP) is -0.696. The molecule has 5 heteroatoms. The lowest BCUT2D eigenvalue weighted by Crippen LogP contribution is -2.52. The van der Waals surface area contributed by atoms with Crippen LogP contribution in [0, 0.1) is 0 Å². The molecule has 0 aliphatic carbocycles. The fourth-order valence-electron chi connectivity index (χ4n) is 1.84. The second-order valence-corrected chi connectivity index (χ2v) is 4.27. The molecule has 0 amide bonds. The molecule has 0 bridgehead atoms. The first kappa shape index (κ1) is 13.9. The quantitative estimate of drug-likeness (QED) is 0.569. The second kappa shape index (κ2) is 7.97. The van der Waals surface area contributed by atoms with Gasteiger partial charge >= 0.3 is 0 Å². The van der Waals surface area contributed by atoms with Crippen LogP contribution in [0.1, 0.15) is 6.92 Å². The van der Waals surface area contributed by atoms with Gasteiger partial charge in [-0.25, -0.2) is 0 Å². The van der Waals surface area contributed by atoms with Crippen molar-refractivity contribution in [1.82, 2.24) is 10.2 Å². The van der Waals surface area contributed by atoms with Crippen molar-refractivity contribution in [1.29, 1.82) is 0 Å². The molecule has 1 unspecified atom stereocenters. The largest absolute Gasteiger partial charge is 0.389 e. The lowest BCUT2D eigenvalue weighted by atomic mass is 10.2. The molecule has 0 spiro atoms. The SMILES string of the molecule is COCCOCC(O)CN1CCNC[C@H]1C. The molecule has 1 heterocycles. The third-order valence-electron chi connectivity index (χ3n) is 2.83. The normalized spacial score (nSPS) is 24.6. The maximum Gasteiger partial charge on any atom is 0.0900 e. The van der Waals surface area contributed by atoms with Gasteiger partial charge in [0.25, 0.3) is 0 Å². The Bertz CT molecular complexity index is 181. The number of nitrogens with one attached hydrogen (secondary N) is 1. The Morgan fingerprint density at radius 2 is 2.31 bits per heavy atom. The van der Waals surface area contributed by atoms with Crippen LogP contribution in [0.4, 0.5) is 0 Å². The monoisotopic (exact) mass is 232 g/mol. The van der Waals surface area contributed by atoms with E-state index in [1.165, 1.54) is 0 Å². The van der Waals surface area contributed by atoms with Gasteiger partial charge in [0.1, 0.15) is 0 Å². The molecule has 0 aromatic carbocycles. The first-order valence-electron chi connectivity index (χ1n) is 5.93. The first-order chi connectivity index (χ1) is 7.74. The average molecular weight is 232 g/mol. The smallest absolute Gasteiger partial charge is 0.0900 e. The average Bonchev–Trinajstić information content (AvgIpc) is 2.28. The highest BCUT2D eigenvalue weighted by Gasteiger charge is 2.20. The summed E-state index contributed by atoms with van der Waals surface area (Å²) in [5.41, 5.74) is 0. The van der Waals surface area contributed by atoms with Gasteiger partial charge < -0.3 is 19.9 Å². The van der Waals surface area contributed by atoms with Crippen LogP contribution in [0.3, 0.4) is 0 Å². The maximum absolute atomic E-state index is 9.79. The van der Waals surface area contributed by atoms with Crippen LogP contribution in [0.2, 0.25) is 0 Å². The van der Waals surface area contributed by atoms with Gasteiger partial charge in [0.2, 0.25) is 0 Å². The van der Waals surface area contributed by atoms with Crippen LogP contribution in [0.15, 0.2) is 0 Å². The predicted molar refractivity (Wildman–Crippen MR) is 62.6 cm³/mol. The summed E-state index contributed by atoms with van der Waals surface area (Å²) < 4.78 is 10.2. The van der Waals surface area contributed by atoms with Gasteiger partial charge in [-0.05, 0) is 6.92 Å². The number of aliphatic hydroxyl groups excluding tert-OH is 1. The van der Waals surface area contributed by atoms with E-state index in [0.29, 0.717) is 32.4 Å². The van der Waals surface area contributed by atoms with Crippen LogP contribution in [0.5, 0.6) is 0 Å². The van der Waals surface area contributed by atoms with Crippen LogP contribution >= 0.6 is 0 Å². The minimum atomic E-state index is -0.405. The van der Waals surface area contributed by atoms with E-state index in [0.717, 1.165) is 19.6 Å². The zero-order valence-electron chi connectivity index (χ0n) is 10.3. The molecule has 1 rings (SSSR count). The van der Waals surface area contributed by atoms with Crippen molar-refractivity contribution >= 4 is 0 Å². The van der Waals surface area contributed by atoms with Crippen molar-refractivity contribution in [2.24, 2.45) is 0 Å². The van der Waals surface area contributed by atoms with Crippen LogP contribution in [-0.2, 0) is 9.47 Å². The summed E-state index contributed by atoms with van der Waals surface area (Å²) >= 11 is 0. The third kappa shape index (κ3) is 5.23. The molecule has 0 radical (unpaired) electrons. The Hall–Kier alpha value is -0.200. The van der Waals surface area contributed by atoms with Gasteiger partial charge in [-0.15, -0.1) is 0 Å².